The number of hydrogen-bond acceptors (Lipinski definition) is 3. The first-order valence-corrected chi connectivity index (χ1v) is 8.48. The highest BCUT2D eigenvalue weighted by Gasteiger charge is 2.13. The van der Waals surface area contributed by atoms with E-state index in [9.17, 15) is 9.59 Å². The summed E-state index contributed by atoms with van der Waals surface area (Å²) >= 11 is 0. The Balaban J connectivity index is 1.78. The lowest BCUT2D eigenvalue weighted by molar-refractivity contribution is 0.0993. The molecule has 0 aliphatic heterocycles. The molecule has 1 N–H and O–H groups in total. The SMILES string of the molecule is O=C(N=c1ccccn1Cc1ccccc1)c1n[nH]c(=O)c2ccccc12. The van der Waals surface area contributed by atoms with E-state index in [-0.39, 0.29) is 11.3 Å². The third kappa shape index (κ3) is 3.46. The minimum absolute atomic E-state index is 0.125. The molecule has 0 unspecified atom stereocenters. The van der Waals surface area contributed by atoms with Crippen LogP contribution in [0, 0.1) is 0 Å². The molecule has 132 valence electrons. The van der Waals surface area contributed by atoms with Gasteiger partial charge < -0.3 is 4.57 Å². The van der Waals surface area contributed by atoms with Crippen LogP contribution in [0.15, 0.2) is 88.8 Å². The molecule has 2 heterocycles. The van der Waals surface area contributed by atoms with Crippen LogP contribution in [0.1, 0.15) is 16.1 Å². The Morgan fingerprint density at radius 3 is 2.44 bits per heavy atom. The zero-order chi connectivity index (χ0) is 18.6. The summed E-state index contributed by atoms with van der Waals surface area (Å²) < 4.78 is 1.89. The van der Waals surface area contributed by atoms with Crippen molar-refractivity contribution in [2.24, 2.45) is 4.99 Å². The standard InChI is InChI=1S/C21H16N4O2/c26-20-17-11-5-4-10-16(17)19(23-24-20)21(27)22-18-12-6-7-13-25(18)14-15-8-2-1-3-9-15/h1-13H,14H2,(H,24,26). The Morgan fingerprint density at radius 2 is 1.63 bits per heavy atom. The van der Waals surface area contributed by atoms with E-state index in [1.54, 1.807) is 30.3 Å². The fourth-order valence-electron chi connectivity index (χ4n) is 2.92. The number of amides is 1. The molecule has 0 fully saturated rings. The summed E-state index contributed by atoms with van der Waals surface area (Å²) in [5.74, 6) is -0.504. The highest BCUT2D eigenvalue weighted by molar-refractivity contribution is 6.05. The fraction of sp³-hybridized carbons (Fsp3) is 0.0476. The molecular weight excluding hydrogens is 340 g/mol. The average molecular weight is 356 g/mol. The summed E-state index contributed by atoms with van der Waals surface area (Å²) in [5, 5.41) is 7.20. The van der Waals surface area contributed by atoms with Gasteiger partial charge in [-0.3, -0.25) is 9.59 Å². The van der Waals surface area contributed by atoms with Crippen LogP contribution in [-0.2, 0) is 6.54 Å². The van der Waals surface area contributed by atoms with Gasteiger partial charge in [0.15, 0.2) is 5.69 Å². The molecule has 27 heavy (non-hydrogen) atoms. The van der Waals surface area contributed by atoms with Crippen LogP contribution in [0.3, 0.4) is 0 Å². The van der Waals surface area contributed by atoms with Crippen molar-refractivity contribution in [1.82, 2.24) is 14.8 Å². The van der Waals surface area contributed by atoms with Gasteiger partial charge in [0.2, 0.25) is 0 Å². The molecule has 1 amide bonds. The molecule has 0 spiro atoms. The van der Waals surface area contributed by atoms with Crippen LogP contribution in [-0.4, -0.2) is 20.7 Å². The van der Waals surface area contributed by atoms with Gasteiger partial charge in [-0.05, 0) is 23.8 Å². The Morgan fingerprint density at radius 1 is 0.926 bits per heavy atom. The first-order chi connectivity index (χ1) is 13.2. The van der Waals surface area contributed by atoms with Crippen LogP contribution in [0.5, 0.6) is 0 Å². The molecule has 0 atom stereocenters. The second-order valence-corrected chi connectivity index (χ2v) is 6.04. The van der Waals surface area contributed by atoms with Gasteiger partial charge >= 0.3 is 0 Å². The maximum Gasteiger partial charge on any atom is 0.300 e. The van der Waals surface area contributed by atoms with Crippen LogP contribution >= 0.6 is 0 Å². The van der Waals surface area contributed by atoms with Crippen LogP contribution in [0.4, 0.5) is 0 Å². The van der Waals surface area contributed by atoms with Crippen molar-refractivity contribution in [2.45, 2.75) is 6.54 Å². The summed E-state index contributed by atoms with van der Waals surface area (Å²) in [7, 11) is 0. The lowest BCUT2D eigenvalue weighted by Crippen LogP contribution is -2.23. The van der Waals surface area contributed by atoms with E-state index in [0.717, 1.165) is 5.56 Å². The van der Waals surface area contributed by atoms with Crippen LogP contribution in [0.2, 0.25) is 0 Å². The number of fused-ring (bicyclic) bond motifs is 1. The topological polar surface area (TPSA) is 80.1 Å². The molecule has 6 nitrogen and oxygen atoms in total. The molecule has 2 aromatic heterocycles. The predicted molar refractivity (Wildman–Crippen MR) is 102 cm³/mol. The summed E-state index contributed by atoms with van der Waals surface area (Å²) in [6.45, 7) is 0.591. The number of carbonyl (C=O) groups is 1. The van der Waals surface area contributed by atoms with Gasteiger partial charge in [0, 0.05) is 18.1 Å². The normalized spacial score (nSPS) is 11.6. The molecule has 4 rings (SSSR count). The van der Waals surface area contributed by atoms with Crippen molar-refractivity contribution < 1.29 is 4.79 Å². The molecule has 6 heteroatoms. The highest BCUT2D eigenvalue weighted by Crippen LogP contribution is 2.13. The number of nitrogens with one attached hydrogen (secondary N) is 1. The van der Waals surface area contributed by atoms with E-state index in [0.29, 0.717) is 22.8 Å². The molecule has 0 aliphatic carbocycles. The third-order valence-electron chi connectivity index (χ3n) is 4.23. The van der Waals surface area contributed by atoms with Gasteiger partial charge in [-0.15, -0.1) is 0 Å². The number of H-pyrrole nitrogens is 1. The molecule has 0 aliphatic rings. The van der Waals surface area contributed by atoms with Crippen LogP contribution < -0.4 is 11.0 Å². The van der Waals surface area contributed by atoms with Crippen molar-refractivity contribution in [3.63, 3.8) is 0 Å². The Hall–Kier alpha value is -3.80. The van der Waals surface area contributed by atoms with E-state index >= 15 is 0 Å². The number of pyridine rings is 1. The molecule has 0 bridgehead atoms. The van der Waals surface area contributed by atoms with Gasteiger partial charge in [-0.2, -0.15) is 10.1 Å². The molecule has 4 aromatic rings. The Kier molecular flexibility index (Phi) is 4.45. The summed E-state index contributed by atoms with van der Waals surface area (Å²) in [4.78, 5) is 28.9. The van der Waals surface area contributed by atoms with Gasteiger partial charge in [-0.25, -0.2) is 5.10 Å². The van der Waals surface area contributed by atoms with Crippen molar-refractivity contribution >= 4 is 16.7 Å². The Bertz CT molecular complexity index is 1240. The predicted octanol–water partition coefficient (Wildman–Crippen LogP) is 2.51. The summed E-state index contributed by atoms with van der Waals surface area (Å²) in [6.07, 6.45) is 1.87. The second-order valence-electron chi connectivity index (χ2n) is 6.04. The smallest absolute Gasteiger partial charge is 0.300 e. The highest BCUT2D eigenvalue weighted by atomic mass is 16.1. The van der Waals surface area contributed by atoms with Gasteiger partial charge in [0.05, 0.1) is 5.39 Å². The molecular formula is C21H16N4O2. The lowest BCUT2D eigenvalue weighted by Gasteiger charge is -2.07. The minimum atomic E-state index is -0.504. The molecule has 0 radical (unpaired) electrons. The van der Waals surface area contributed by atoms with Gasteiger partial charge in [-0.1, -0.05) is 54.6 Å². The number of rotatable bonds is 3. The molecule has 0 saturated heterocycles. The largest absolute Gasteiger partial charge is 0.328 e. The average Bonchev–Trinajstić information content (AvgIpc) is 2.71. The first-order valence-electron chi connectivity index (χ1n) is 8.48. The van der Waals surface area contributed by atoms with Crippen LogP contribution in [0.25, 0.3) is 10.8 Å². The van der Waals surface area contributed by atoms with Crippen molar-refractivity contribution in [3.8, 4) is 0 Å². The monoisotopic (exact) mass is 356 g/mol. The quantitative estimate of drug-likeness (QED) is 0.612. The number of aromatic nitrogens is 3. The van der Waals surface area contributed by atoms with Gasteiger partial charge in [0.1, 0.15) is 5.49 Å². The van der Waals surface area contributed by atoms with E-state index in [2.05, 4.69) is 15.2 Å². The van der Waals surface area contributed by atoms with E-state index < -0.39 is 5.91 Å². The van der Waals surface area contributed by atoms with Crippen molar-refractivity contribution in [2.75, 3.05) is 0 Å². The minimum Gasteiger partial charge on any atom is -0.328 e. The number of carbonyl (C=O) groups excluding carboxylic acids is 1. The second kappa shape index (κ2) is 7.21. The third-order valence-corrected chi connectivity index (χ3v) is 4.23. The van der Waals surface area contributed by atoms with Crippen molar-refractivity contribution in [1.29, 1.82) is 0 Å². The number of benzene rings is 2. The summed E-state index contributed by atoms with van der Waals surface area (Å²) in [5.41, 5.74) is 1.41. The zero-order valence-corrected chi connectivity index (χ0v) is 14.4. The number of aromatic amines is 1. The molecule has 0 saturated carbocycles. The molecule has 2 aromatic carbocycles. The Labute approximate surface area is 154 Å². The van der Waals surface area contributed by atoms with E-state index in [1.807, 2.05) is 53.2 Å². The zero-order valence-electron chi connectivity index (χ0n) is 14.4. The van der Waals surface area contributed by atoms with Crippen molar-refractivity contribution in [3.05, 3.63) is 106 Å². The fourth-order valence-corrected chi connectivity index (χ4v) is 2.92. The van der Waals surface area contributed by atoms with E-state index in [1.165, 1.54) is 0 Å². The first kappa shape index (κ1) is 16.7. The maximum absolute atomic E-state index is 12.8. The maximum atomic E-state index is 12.8. The van der Waals surface area contributed by atoms with E-state index in [4.69, 9.17) is 0 Å². The lowest BCUT2D eigenvalue weighted by atomic mass is 10.1. The number of hydrogen-bond donors (Lipinski definition) is 1. The number of nitrogens with zero attached hydrogens (tertiary/aromatic N) is 3. The summed E-state index contributed by atoms with van der Waals surface area (Å²) in [6, 6.07) is 22.3. The van der Waals surface area contributed by atoms with Gasteiger partial charge in [0.25, 0.3) is 11.5 Å².